The second kappa shape index (κ2) is 7.07. The number of likely N-dealkylation sites (N-methyl/N-ethyl adjacent to an activating group) is 1. The smallest absolute Gasteiger partial charge is 0.233 e. The van der Waals surface area contributed by atoms with Crippen molar-refractivity contribution in [3.63, 3.8) is 0 Å². The summed E-state index contributed by atoms with van der Waals surface area (Å²) in [5.74, 6) is 0.117. The third kappa shape index (κ3) is 4.23. The molecule has 0 aliphatic carbocycles. The number of rotatable bonds is 4. The lowest BCUT2D eigenvalue weighted by atomic mass is 10.0. The van der Waals surface area contributed by atoms with Gasteiger partial charge in [-0.3, -0.25) is 9.69 Å². The number of carbonyl (C=O) groups is 1. The van der Waals surface area contributed by atoms with Crippen molar-refractivity contribution in [2.24, 2.45) is 0 Å². The lowest BCUT2D eigenvalue weighted by Gasteiger charge is -2.35. The van der Waals surface area contributed by atoms with Gasteiger partial charge in [-0.25, -0.2) is 0 Å². The third-order valence-corrected chi connectivity index (χ3v) is 3.93. The molecule has 2 heterocycles. The van der Waals surface area contributed by atoms with Gasteiger partial charge in [0.1, 0.15) is 0 Å². The van der Waals surface area contributed by atoms with E-state index in [0.29, 0.717) is 18.6 Å². The minimum absolute atomic E-state index is 0.117. The quantitative estimate of drug-likeness (QED) is 0.740. The fourth-order valence-electron chi connectivity index (χ4n) is 2.74. The monoisotopic (exact) mass is 255 g/mol. The van der Waals surface area contributed by atoms with Crippen molar-refractivity contribution in [2.75, 3.05) is 39.9 Å². The molecule has 0 spiro atoms. The van der Waals surface area contributed by atoms with Crippen molar-refractivity contribution in [3.8, 4) is 0 Å². The Morgan fingerprint density at radius 2 is 1.78 bits per heavy atom. The molecule has 5 heteroatoms. The van der Waals surface area contributed by atoms with Gasteiger partial charge in [0.05, 0.1) is 6.54 Å². The number of hydrogen-bond donors (Lipinski definition) is 2. The standard InChI is InChI=1S/C13H25N3O2/c1-14-13(17)10-16-6-2-11(3-7-16)15-12-4-8-18-9-5-12/h11-12,15H,2-10H2,1H3,(H,14,17). The predicted octanol–water partition coefficient (Wildman–Crippen LogP) is -0.0346. The molecule has 104 valence electrons. The minimum atomic E-state index is 0.117. The zero-order chi connectivity index (χ0) is 12.8. The fraction of sp³-hybridized carbons (Fsp3) is 0.923. The summed E-state index contributed by atoms with van der Waals surface area (Å²) in [6, 6.07) is 1.25. The lowest BCUT2D eigenvalue weighted by Crippen LogP contribution is -2.49. The van der Waals surface area contributed by atoms with Crippen LogP contribution in [0.1, 0.15) is 25.7 Å². The molecule has 2 N–H and O–H groups in total. The van der Waals surface area contributed by atoms with E-state index in [2.05, 4.69) is 15.5 Å². The summed E-state index contributed by atoms with van der Waals surface area (Å²) in [5, 5.41) is 6.42. The Morgan fingerprint density at radius 3 is 2.39 bits per heavy atom. The number of amides is 1. The zero-order valence-corrected chi connectivity index (χ0v) is 11.3. The lowest BCUT2D eigenvalue weighted by molar-refractivity contribution is -0.122. The molecule has 5 nitrogen and oxygen atoms in total. The Hall–Kier alpha value is -0.650. The normalized spacial score (nSPS) is 24.1. The van der Waals surface area contributed by atoms with Gasteiger partial charge in [0.15, 0.2) is 0 Å². The maximum Gasteiger partial charge on any atom is 0.233 e. The average Bonchev–Trinajstić information content (AvgIpc) is 2.42. The van der Waals surface area contributed by atoms with Gasteiger partial charge in [-0.1, -0.05) is 0 Å². The second-order valence-electron chi connectivity index (χ2n) is 5.28. The Morgan fingerprint density at radius 1 is 1.17 bits per heavy atom. The first-order chi connectivity index (χ1) is 8.78. The van der Waals surface area contributed by atoms with Crippen LogP contribution >= 0.6 is 0 Å². The second-order valence-corrected chi connectivity index (χ2v) is 5.28. The highest BCUT2D eigenvalue weighted by Gasteiger charge is 2.23. The van der Waals surface area contributed by atoms with Crippen molar-refractivity contribution in [1.82, 2.24) is 15.5 Å². The topological polar surface area (TPSA) is 53.6 Å². The summed E-state index contributed by atoms with van der Waals surface area (Å²) in [7, 11) is 1.70. The molecule has 2 aliphatic rings. The van der Waals surface area contributed by atoms with E-state index in [1.54, 1.807) is 7.05 Å². The highest BCUT2D eigenvalue weighted by molar-refractivity contribution is 5.77. The number of carbonyl (C=O) groups excluding carboxylic acids is 1. The number of ether oxygens (including phenoxy) is 1. The molecule has 0 saturated carbocycles. The van der Waals surface area contributed by atoms with Gasteiger partial charge in [0.2, 0.25) is 5.91 Å². The van der Waals surface area contributed by atoms with Crippen LogP contribution in [0, 0.1) is 0 Å². The van der Waals surface area contributed by atoms with E-state index in [1.165, 1.54) is 0 Å². The van der Waals surface area contributed by atoms with Crippen molar-refractivity contribution in [1.29, 1.82) is 0 Å². The minimum Gasteiger partial charge on any atom is -0.381 e. The van der Waals surface area contributed by atoms with E-state index in [-0.39, 0.29) is 5.91 Å². The van der Waals surface area contributed by atoms with E-state index in [0.717, 1.165) is 52.0 Å². The summed E-state index contributed by atoms with van der Waals surface area (Å²) >= 11 is 0. The van der Waals surface area contributed by atoms with Gasteiger partial charge in [-0.15, -0.1) is 0 Å². The Balaban J connectivity index is 1.65. The van der Waals surface area contributed by atoms with Gasteiger partial charge < -0.3 is 15.4 Å². The van der Waals surface area contributed by atoms with E-state index >= 15 is 0 Å². The Bertz CT molecular complexity index is 259. The first-order valence-corrected chi connectivity index (χ1v) is 7.04. The van der Waals surface area contributed by atoms with E-state index < -0.39 is 0 Å². The molecule has 0 aromatic heterocycles. The summed E-state index contributed by atoms with van der Waals surface area (Å²) in [4.78, 5) is 13.5. The highest BCUT2D eigenvalue weighted by atomic mass is 16.5. The predicted molar refractivity (Wildman–Crippen MR) is 70.5 cm³/mol. The van der Waals surface area contributed by atoms with Gasteiger partial charge in [0, 0.05) is 45.4 Å². The average molecular weight is 255 g/mol. The van der Waals surface area contributed by atoms with Crippen LogP contribution < -0.4 is 10.6 Å². The molecule has 2 fully saturated rings. The largest absolute Gasteiger partial charge is 0.381 e. The SMILES string of the molecule is CNC(=O)CN1CCC(NC2CCOCC2)CC1. The number of nitrogens with zero attached hydrogens (tertiary/aromatic N) is 1. The summed E-state index contributed by atoms with van der Waals surface area (Å²) in [5.41, 5.74) is 0. The molecule has 1 amide bonds. The van der Waals surface area contributed by atoms with Crippen molar-refractivity contribution < 1.29 is 9.53 Å². The molecule has 2 saturated heterocycles. The molecule has 0 bridgehead atoms. The van der Waals surface area contributed by atoms with Crippen LogP contribution in [0.4, 0.5) is 0 Å². The van der Waals surface area contributed by atoms with Crippen LogP contribution in [0.25, 0.3) is 0 Å². The third-order valence-electron chi connectivity index (χ3n) is 3.93. The molecular weight excluding hydrogens is 230 g/mol. The molecule has 0 aromatic rings. The Labute approximate surface area is 109 Å². The summed E-state index contributed by atoms with van der Waals surface area (Å²) < 4.78 is 5.37. The highest BCUT2D eigenvalue weighted by Crippen LogP contribution is 2.14. The molecular formula is C13H25N3O2. The molecule has 0 atom stereocenters. The first-order valence-electron chi connectivity index (χ1n) is 7.04. The fourth-order valence-corrected chi connectivity index (χ4v) is 2.74. The van der Waals surface area contributed by atoms with E-state index in [1.807, 2.05) is 0 Å². The van der Waals surface area contributed by atoms with Crippen molar-refractivity contribution in [3.05, 3.63) is 0 Å². The van der Waals surface area contributed by atoms with Gasteiger partial charge in [-0.05, 0) is 25.7 Å². The van der Waals surface area contributed by atoms with Crippen LogP contribution in [0.3, 0.4) is 0 Å². The number of nitrogens with one attached hydrogen (secondary N) is 2. The molecule has 0 radical (unpaired) electrons. The number of piperidine rings is 1. The van der Waals surface area contributed by atoms with Crippen molar-refractivity contribution >= 4 is 5.91 Å². The summed E-state index contributed by atoms with van der Waals surface area (Å²) in [6.45, 7) is 4.38. The van der Waals surface area contributed by atoms with Crippen LogP contribution in [0.2, 0.25) is 0 Å². The van der Waals surface area contributed by atoms with Gasteiger partial charge >= 0.3 is 0 Å². The van der Waals surface area contributed by atoms with E-state index in [4.69, 9.17) is 4.74 Å². The van der Waals surface area contributed by atoms with Crippen LogP contribution in [-0.4, -0.2) is 62.8 Å². The molecule has 2 aliphatic heterocycles. The van der Waals surface area contributed by atoms with Crippen LogP contribution in [0.5, 0.6) is 0 Å². The number of hydrogen-bond acceptors (Lipinski definition) is 4. The molecule has 0 unspecified atom stereocenters. The summed E-state index contributed by atoms with van der Waals surface area (Å²) in [6.07, 6.45) is 4.57. The van der Waals surface area contributed by atoms with Crippen molar-refractivity contribution in [2.45, 2.75) is 37.8 Å². The maximum atomic E-state index is 11.3. The van der Waals surface area contributed by atoms with Crippen LogP contribution in [0.15, 0.2) is 0 Å². The van der Waals surface area contributed by atoms with Gasteiger partial charge in [-0.2, -0.15) is 0 Å². The van der Waals surface area contributed by atoms with E-state index in [9.17, 15) is 4.79 Å². The molecule has 0 aromatic carbocycles. The zero-order valence-electron chi connectivity index (χ0n) is 11.3. The van der Waals surface area contributed by atoms with Gasteiger partial charge in [0.25, 0.3) is 0 Å². The first kappa shape index (κ1) is 13.8. The number of likely N-dealkylation sites (tertiary alicyclic amines) is 1. The maximum absolute atomic E-state index is 11.3. The Kier molecular flexibility index (Phi) is 5.41. The molecule has 18 heavy (non-hydrogen) atoms. The van der Waals surface area contributed by atoms with Crippen LogP contribution in [-0.2, 0) is 9.53 Å². The molecule has 2 rings (SSSR count).